The molecule has 0 aromatic heterocycles. The number of sulfonamides is 1. The maximum absolute atomic E-state index is 11.5. The van der Waals surface area contributed by atoms with E-state index in [4.69, 9.17) is 0 Å². The predicted molar refractivity (Wildman–Crippen MR) is 63.9 cm³/mol. The van der Waals surface area contributed by atoms with Gasteiger partial charge in [0, 0.05) is 13.0 Å². The smallest absolute Gasteiger partial charge is 0.211 e. The van der Waals surface area contributed by atoms with Crippen molar-refractivity contribution in [2.45, 2.75) is 40.5 Å². The second-order valence-electron chi connectivity index (χ2n) is 4.70. The minimum absolute atomic E-state index is 0.0535. The lowest BCUT2D eigenvalue weighted by atomic mass is 9.94. The minimum Gasteiger partial charge on any atom is -0.214 e. The van der Waals surface area contributed by atoms with Crippen LogP contribution in [0.4, 0.5) is 0 Å². The highest BCUT2D eigenvalue weighted by molar-refractivity contribution is 7.89. The third-order valence-corrected chi connectivity index (χ3v) is 3.26. The lowest BCUT2D eigenvalue weighted by molar-refractivity contribution is 0.396. The van der Waals surface area contributed by atoms with Crippen LogP contribution >= 0.6 is 0 Å². The van der Waals surface area contributed by atoms with Crippen LogP contribution in [0.5, 0.6) is 0 Å². The zero-order chi connectivity index (χ0) is 11.9. The lowest BCUT2D eigenvalue weighted by Gasteiger charge is -2.17. The summed E-state index contributed by atoms with van der Waals surface area (Å²) in [6.07, 6.45) is 1.24. The number of rotatable bonds is 5. The van der Waals surface area contributed by atoms with Gasteiger partial charge in [0.2, 0.25) is 10.0 Å². The van der Waals surface area contributed by atoms with Gasteiger partial charge in [-0.05, 0) is 18.8 Å². The first-order valence-corrected chi connectivity index (χ1v) is 6.79. The molecular formula is C11H21NO2S. The molecule has 0 amide bonds. The Labute approximate surface area is 93.7 Å². The van der Waals surface area contributed by atoms with Crippen LogP contribution in [0.15, 0.2) is 0 Å². The fourth-order valence-corrected chi connectivity index (χ4v) is 2.35. The van der Waals surface area contributed by atoms with Gasteiger partial charge in [0.1, 0.15) is 0 Å². The molecule has 0 aliphatic carbocycles. The molecule has 0 bridgehead atoms. The summed E-state index contributed by atoms with van der Waals surface area (Å²) in [6.45, 7) is 8.25. The van der Waals surface area contributed by atoms with Crippen LogP contribution in [0.3, 0.4) is 0 Å². The summed E-state index contributed by atoms with van der Waals surface area (Å²) in [4.78, 5) is 0. The molecular weight excluding hydrogens is 210 g/mol. The molecule has 88 valence electrons. The van der Waals surface area contributed by atoms with Crippen molar-refractivity contribution in [1.82, 2.24) is 4.72 Å². The van der Waals surface area contributed by atoms with E-state index in [0.717, 1.165) is 0 Å². The summed E-state index contributed by atoms with van der Waals surface area (Å²) < 4.78 is 25.5. The van der Waals surface area contributed by atoms with Crippen molar-refractivity contribution in [2.75, 3.05) is 12.3 Å². The zero-order valence-corrected chi connectivity index (χ0v) is 10.9. The fourth-order valence-electron chi connectivity index (χ4n) is 0.907. The van der Waals surface area contributed by atoms with Crippen LogP contribution in [0, 0.1) is 17.3 Å². The van der Waals surface area contributed by atoms with Crippen LogP contribution in [0.1, 0.15) is 40.5 Å². The average molecular weight is 231 g/mol. The van der Waals surface area contributed by atoms with Gasteiger partial charge in [0.25, 0.3) is 0 Å². The molecule has 0 unspecified atom stereocenters. The van der Waals surface area contributed by atoms with Crippen LogP contribution in [-0.2, 0) is 10.0 Å². The van der Waals surface area contributed by atoms with Gasteiger partial charge in [-0.25, -0.2) is 13.1 Å². The highest BCUT2D eigenvalue weighted by Gasteiger charge is 2.16. The van der Waals surface area contributed by atoms with E-state index in [0.29, 0.717) is 19.4 Å². The standard InChI is InChI=1S/C11H21NO2S/c1-5-6-7-9-12-15(13,14)10-8-11(2,3)4/h12H,7-10H2,1-4H3. The molecule has 0 saturated carbocycles. The molecule has 0 heterocycles. The first-order valence-electron chi connectivity index (χ1n) is 5.14. The van der Waals surface area contributed by atoms with Crippen molar-refractivity contribution < 1.29 is 8.42 Å². The van der Waals surface area contributed by atoms with Crippen molar-refractivity contribution in [3.05, 3.63) is 0 Å². The van der Waals surface area contributed by atoms with Crippen LogP contribution in [0.2, 0.25) is 0 Å². The SMILES string of the molecule is CC#CCCNS(=O)(=O)CCC(C)(C)C. The Morgan fingerprint density at radius 3 is 2.33 bits per heavy atom. The van der Waals surface area contributed by atoms with Crippen molar-refractivity contribution in [1.29, 1.82) is 0 Å². The van der Waals surface area contributed by atoms with Gasteiger partial charge < -0.3 is 0 Å². The Balaban J connectivity index is 3.92. The molecule has 0 rings (SSSR count). The lowest BCUT2D eigenvalue weighted by Crippen LogP contribution is -2.29. The number of hydrogen-bond acceptors (Lipinski definition) is 2. The Bertz CT molecular complexity index is 328. The first kappa shape index (κ1) is 14.5. The molecule has 0 atom stereocenters. The van der Waals surface area contributed by atoms with E-state index in [1.54, 1.807) is 6.92 Å². The van der Waals surface area contributed by atoms with E-state index in [2.05, 4.69) is 16.6 Å². The molecule has 0 fully saturated rings. The summed E-state index contributed by atoms with van der Waals surface area (Å²) in [5.41, 5.74) is 0.0535. The largest absolute Gasteiger partial charge is 0.214 e. The van der Waals surface area contributed by atoms with E-state index in [1.807, 2.05) is 20.8 Å². The Morgan fingerprint density at radius 2 is 1.87 bits per heavy atom. The summed E-state index contributed by atoms with van der Waals surface area (Å²) in [5, 5.41) is 0. The summed E-state index contributed by atoms with van der Waals surface area (Å²) in [5.74, 6) is 5.73. The molecule has 3 nitrogen and oxygen atoms in total. The molecule has 0 aromatic rings. The van der Waals surface area contributed by atoms with E-state index in [9.17, 15) is 8.42 Å². The van der Waals surface area contributed by atoms with E-state index in [-0.39, 0.29) is 11.2 Å². The Hall–Kier alpha value is -0.530. The van der Waals surface area contributed by atoms with Gasteiger partial charge >= 0.3 is 0 Å². The van der Waals surface area contributed by atoms with E-state index >= 15 is 0 Å². The molecule has 0 spiro atoms. The van der Waals surface area contributed by atoms with Gasteiger partial charge in [-0.1, -0.05) is 20.8 Å². The molecule has 15 heavy (non-hydrogen) atoms. The number of nitrogens with one attached hydrogen (secondary N) is 1. The third kappa shape index (κ3) is 9.77. The molecule has 0 saturated heterocycles. The summed E-state index contributed by atoms with van der Waals surface area (Å²) >= 11 is 0. The second-order valence-corrected chi connectivity index (χ2v) is 6.63. The third-order valence-electron chi connectivity index (χ3n) is 1.87. The normalized spacial score (nSPS) is 12.0. The highest BCUT2D eigenvalue weighted by Crippen LogP contribution is 2.18. The molecule has 0 aromatic carbocycles. The Kier molecular flexibility index (Phi) is 5.92. The molecule has 0 aliphatic heterocycles. The van der Waals surface area contributed by atoms with Gasteiger partial charge in [-0.3, -0.25) is 0 Å². The van der Waals surface area contributed by atoms with Crippen molar-refractivity contribution in [3.63, 3.8) is 0 Å². The van der Waals surface area contributed by atoms with Crippen LogP contribution in [0.25, 0.3) is 0 Å². The highest BCUT2D eigenvalue weighted by atomic mass is 32.2. The second kappa shape index (κ2) is 6.14. The van der Waals surface area contributed by atoms with Crippen LogP contribution in [-0.4, -0.2) is 20.7 Å². The zero-order valence-electron chi connectivity index (χ0n) is 10.1. The summed E-state index contributed by atoms with van der Waals surface area (Å²) in [6, 6.07) is 0. The minimum atomic E-state index is -3.11. The monoisotopic (exact) mass is 231 g/mol. The van der Waals surface area contributed by atoms with Gasteiger partial charge in [-0.15, -0.1) is 11.8 Å². The van der Waals surface area contributed by atoms with E-state index < -0.39 is 10.0 Å². The maximum atomic E-state index is 11.5. The number of hydrogen-bond donors (Lipinski definition) is 1. The Morgan fingerprint density at radius 1 is 1.27 bits per heavy atom. The predicted octanol–water partition coefficient (Wildman–Crippen LogP) is 1.76. The van der Waals surface area contributed by atoms with Crippen molar-refractivity contribution >= 4 is 10.0 Å². The van der Waals surface area contributed by atoms with E-state index in [1.165, 1.54) is 0 Å². The fraction of sp³-hybridized carbons (Fsp3) is 0.818. The van der Waals surface area contributed by atoms with Gasteiger partial charge in [0.05, 0.1) is 5.75 Å². The van der Waals surface area contributed by atoms with Gasteiger partial charge in [-0.2, -0.15) is 0 Å². The molecule has 1 N–H and O–H groups in total. The molecule has 0 aliphatic rings. The first-order chi connectivity index (χ1) is 6.77. The molecule has 0 radical (unpaired) electrons. The molecule has 4 heteroatoms. The van der Waals surface area contributed by atoms with Crippen LogP contribution < -0.4 is 4.72 Å². The van der Waals surface area contributed by atoms with Crippen molar-refractivity contribution in [2.24, 2.45) is 5.41 Å². The average Bonchev–Trinajstić information content (AvgIpc) is 2.09. The summed E-state index contributed by atoms with van der Waals surface area (Å²) in [7, 11) is -3.11. The maximum Gasteiger partial charge on any atom is 0.211 e. The van der Waals surface area contributed by atoms with Crippen molar-refractivity contribution in [3.8, 4) is 11.8 Å². The quantitative estimate of drug-likeness (QED) is 0.579. The van der Waals surface area contributed by atoms with Gasteiger partial charge in [0.15, 0.2) is 0 Å². The topological polar surface area (TPSA) is 46.2 Å².